The van der Waals surface area contributed by atoms with Crippen LogP contribution in [0.15, 0.2) is 0 Å². The fourth-order valence-electron chi connectivity index (χ4n) is 2.59. The minimum atomic E-state index is -0.443. The van der Waals surface area contributed by atoms with E-state index in [0.29, 0.717) is 0 Å². The molecular weight excluding hydrogens is 186 g/mol. The van der Waals surface area contributed by atoms with E-state index in [1.54, 1.807) is 0 Å². The molecule has 90 valence electrons. The zero-order valence-electron chi connectivity index (χ0n) is 10.6. The van der Waals surface area contributed by atoms with Gasteiger partial charge in [-0.3, -0.25) is 0 Å². The first-order valence-corrected chi connectivity index (χ1v) is 6.58. The van der Waals surface area contributed by atoms with Crippen LogP contribution in [0.4, 0.5) is 0 Å². The van der Waals surface area contributed by atoms with E-state index >= 15 is 0 Å². The maximum absolute atomic E-state index is 10.3. The minimum Gasteiger partial charge on any atom is -0.389 e. The quantitative estimate of drug-likeness (QED) is 0.733. The van der Waals surface area contributed by atoms with Gasteiger partial charge in [-0.1, -0.05) is 27.2 Å². The Bertz CT molecular complexity index is 177. The summed E-state index contributed by atoms with van der Waals surface area (Å²) in [6.07, 6.45) is 5.73. The third-order valence-electron chi connectivity index (χ3n) is 3.90. The van der Waals surface area contributed by atoms with E-state index in [1.165, 1.54) is 32.4 Å². The summed E-state index contributed by atoms with van der Waals surface area (Å²) < 4.78 is 0. The molecule has 0 aromatic rings. The lowest BCUT2D eigenvalue weighted by Crippen LogP contribution is -2.41. The Kier molecular flexibility index (Phi) is 5.07. The van der Waals surface area contributed by atoms with Crippen molar-refractivity contribution in [3.63, 3.8) is 0 Å². The Hall–Kier alpha value is -0.0800. The minimum absolute atomic E-state index is 0.443. The van der Waals surface area contributed by atoms with Gasteiger partial charge in [0.15, 0.2) is 0 Å². The average Bonchev–Trinajstić information content (AvgIpc) is 2.66. The van der Waals surface area contributed by atoms with E-state index in [1.807, 2.05) is 0 Å². The molecule has 0 saturated carbocycles. The topological polar surface area (TPSA) is 23.5 Å². The highest BCUT2D eigenvalue weighted by molar-refractivity contribution is 4.84. The molecule has 1 heterocycles. The Morgan fingerprint density at radius 1 is 1.27 bits per heavy atom. The SMILES string of the molecule is CCCC1CCN(CC(O)(CC)CC)C1. The number of rotatable bonds is 6. The second kappa shape index (κ2) is 5.86. The van der Waals surface area contributed by atoms with Crippen LogP contribution >= 0.6 is 0 Å². The van der Waals surface area contributed by atoms with E-state index in [0.717, 1.165) is 25.3 Å². The molecule has 0 radical (unpaired) electrons. The highest BCUT2D eigenvalue weighted by atomic mass is 16.3. The first kappa shape index (κ1) is 13.0. The molecular formula is C13H27NO. The van der Waals surface area contributed by atoms with Gasteiger partial charge in [0.05, 0.1) is 5.60 Å². The average molecular weight is 213 g/mol. The molecule has 1 fully saturated rings. The molecule has 15 heavy (non-hydrogen) atoms. The maximum Gasteiger partial charge on any atom is 0.0768 e. The van der Waals surface area contributed by atoms with Gasteiger partial charge in [0.1, 0.15) is 0 Å². The molecule has 1 atom stereocenters. The van der Waals surface area contributed by atoms with Crippen LogP contribution in [0.2, 0.25) is 0 Å². The van der Waals surface area contributed by atoms with Crippen LogP contribution in [0.25, 0.3) is 0 Å². The predicted octanol–water partition coefficient (Wildman–Crippen LogP) is 2.66. The fourth-order valence-corrected chi connectivity index (χ4v) is 2.59. The van der Waals surface area contributed by atoms with Crippen molar-refractivity contribution in [1.82, 2.24) is 4.90 Å². The Labute approximate surface area is 94.7 Å². The van der Waals surface area contributed by atoms with Crippen molar-refractivity contribution in [3.05, 3.63) is 0 Å². The molecule has 1 saturated heterocycles. The number of hydrogen-bond acceptors (Lipinski definition) is 2. The second-order valence-electron chi connectivity index (χ2n) is 5.11. The first-order chi connectivity index (χ1) is 7.13. The molecule has 1 rings (SSSR count). The van der Waals surface area contributed by atoms with Gasteiger partial charge in [0, 0.05) is 13.1 Å². The molecule has 2 nitrogen and oxygen atoms in total. The fraction of sp³-hybridized carbons (Fsp3) is 1.00. The second-order valence-corrected chi connectivity index (χ2v) is 5.11. The van der Waals surface area contributed by atoms with Crippen LogP contribution in [0.1, 0.15) is 52.9 Å². The van der Waals surface area contributed by atoms with Crippen molar-refractivity contribution in [3.8, 4) is 0 Å². The molecule has 1 aliphatic rings. The normalized spacial score (nSPS) is 23.6. The van der Waals surface area contributed by atoms with Crippen LogP contribution in [0.3, 0.4) is 0 Å². The van der Waals surface area contributed by atoms with E-state index in [4.69, 9.17) is 0 Å². The highest BCUT2D eigenvalue weighted by Gasteiger charge is 2.29. The van der Waals surface area contributed by atoms with Gasteiger partial charge in [0.25, 0.3) is 0 Å². The summed E-state index contributed by atoms with van der Waals surface area (Å²) in [4.78, 5) is 2.45. The lowest BCUT2D eigenvalue weighted by molar-refractivity contribution is 0.00156. The van der Waals surface area contributed by atoms with E-state index < -0.39 is 5.60 Å². The number of likely N-dealkylation sites (tertiary alicyclic amines) is 1. The number of nitrogens with zero attached hydrogens (tertiary/aromatic N) is 1. The molecule has 0 spiro atoms. The van der Waals surface area contributed by atoms with Crippen LogP contribution in [0.5, 0.6) is 0 Å². The number of hydrogen-bond donors (Lipinski definition) is 1. The molecule has 0 aromatic carbocycles. The van der Waals surface area contributed by atoms with E-state index in [2.05, 4.69) is 25.7 Å². The van der Waals surface area contributed by atoms with Gasteiger partial charge in [-0.05, 0) is 38.1 Å². The summed E-state index contributed by atoms with van der Waals surface area (Å²) in [6, 6.07) is 0. The van der Waals surface area contributed by atoms with Crippen LogP contribution in [-0.4, -0.2) is 35.2 Å². The molecule has 2 heteroatoms. The van der Waals surface area contributed by atoms with Gasteiger partial charge >= 0.3 is 0 Å². The standard InChI is InChI=1S/C13H27NO/c1-4-7-12-8-9-14(10-12)11-13(15,5-2)6-3/h12,15H,4-11H2,1-3H3. The van der Waals surface area contributed by atoms with Gasteiger partial charge in [0.2, 0.25) is 0 Å². The maximum atomic E-state index is 10.3. The summed E-state index contributed by atoms with van der Waals surface area (Å²) in [5.41, 5.74) is -0.443. The lowest BCUT2D eigenvalue weighted by Gasteiger charge is -2.30. The molecule has 1 N–H and O–H groups in total. The van der Waals surface area contributed by atoms with Crippen molar-refractivity contribution in [2.75, 3.05) is 19.6 Å². The van der Waals surface area contributed by atoms with E-state index in [-0.39, 0.29) is 0 Å². The Balaban J connectivity index is 2.34. The summed E-state index contributed by atoms with van der Waals surface area (Å²) in [6.45, 7) is 9.70. The summed E-state index contributed by atoms with van der Waals surface area (Å²) in [5.74, 6) is 0.882. The highest BCUT2D eigenvalue weighted by Crippen LogP contribution is 2.24. The van der Waals surface area contributed by atoms with Crippen molar-refractivity contribution in [2.45, 2.75) is 58.5 Å². The Morgan fingerprint density at radius 3 is 2.47 bits per heavy atom. The zero-order valence-corrected chi connectivity index (χ0v) is 10.6. The van der Waals surface area contributed by atoms with Gasteiger partial charge in [-0.15, -0.1) is 0 Å². The summed E-state index contributed by atoms with van der Waals surface area (Å²) in [5, 5.41) is 10.3. The number of β-amino-alcohol motifs (C(OH)–C–C–N with tert-alkyl or cyclic N) is 1. The first-order valence-electron chi connectivity index (χ1n) is 6.58. The zero-order chi connectivity index (χ0) is 11.3. The van der Waals surface area contributed by atoms with Crippen LogP contribution in [0, 0.1) is 5.92 Å². The third kappa shape index (κ3) is 3.76. The predicted molar refractivity (Wildman–Crippen MR) is 65.0 cm³/mol. The van der Waals surface area contributed by atoms with Crippen molar-refractivity contribution in [2.24, 2.45) is 5.92 Å². The summed E-state index contributed by atoms with van der Waals surface area (Å²) >= 11 is 0. The molecule has 1 unspecified atom stereocenters. The third-order valence-corrected chi connectivity index (χ3v) is 3.90. The monoisotopic (exact) mass is 213 g/mol. The van der Waals surface area contributed by atoms with Gasteiger partial charge < -0.3 is 10.0 Å². The molecule has 0 aliphatic carbocycles. The number of aliphatic hydroxyl groups is 1. The van der Waals surface area contributed by atoms with Crippen LogP contribution in [-0.2, 0) is 0 Å². The Morgan fingerprint density at radius 2 is 1.93 bits per heavy atom. The van der Waals surface area contributed by atoms with Crippen molar-refractivity contribution < 1.29 is 5.11 Å². The molecule has 1 aliphatic heterocycles. The smallest absolute Gasteiger partial charge is 0.0768 e. The van der Waals surface area contributed by atoms with Gasteiger partial charge in [-0.2, -0.15) is 0 Å². The van der Waals surface area contributed by atoms with Crippen molar-refractivity contribution >= 4 is 0 Å². The molecule has 0 aromatic heterocycles. The lowest BCUT2D eigenvalue weighted by atomic mass is 9.97. The van der Waals surface area contributed by atoms with Gasteiger partial charge in [-0.25, -0.2) is 0 Å². The van der Waals surface area contributed by atoms with Crippen molar-refractivity contribution in [1.29, 1.82) is 0 Å². The van der Waals surface area contributed by atoms with Crippen LogP contribution < -0.4 is 0 Å². The van der Waals surface area contributed by atoms with E-state index in [9.17, 15) is 5.11 Å². The summed E-state index contributed by atoms with van der Waals surface area (Å²) in [7, 11) is 0. The molecule has 0 amide bonds. The molecule has 0 bridgehead atoms. The largest absolute Gasteiger partial charge is 0.389 e.